The fourth-order valence-corrected chi connectivity index (χ4v) is 3.45. The molecule has 0 amide bonds. The number of hydrogen-bond acceptors (Lipinski definition) is 5. The first-order chi connectivity index (χ1) is 11.2. The van der Waals surface area contributed by atoms with Crippen LogP contribution in [0.25, 0.3) is 11.4 Å². The molecule has 3 heterocycles. The highest BCUT2D eigenvalue weighted by atomic mass is 16.4. The molecule has 1 N–H and O–H groups in total. The zero-order valence-corrected chi connectivity index (χ0v) is 12.8. The Morgan fingerprint density at radius 3 is 2.96 bits per heavy atom. The van der Waals surface area contributed by atoms with Crippen LogP contribution in [0.3, 0.4) is 0 Å². The Balaban J connectivity index is 1.74. The lowest BCUT2D eigenvalue weighted by atomic mass is 10.1. The largest absolute Gasteiger partial charge is 0.481 e. The van der Waals surface area contributed by atoms with Crippen molar-refractivity contribution in [3.05, 3.63) is 35.8 Å². The molecule has 1 saturated heterocycles. The van der Waals surface area contributed by atoms with Crippen molar-refractivity contribution in [3.8, 4) is 11.4 Å². The Kier molecular flexibility index (Phi) is 3.44. The van der Waals surface area contributed by atoms with E-state index in [4.69, 9.17) is 9.97 Å². The van der Waals surface area contributed by atoms with Crippen LogP contribution < -0.4 is 4.90 Å². The number of anilines is 1. The molecule has 0 radical (unpaired) electrons. The maximum atomic E-state index is 11.2. The SMILES string of the molecule is O=C(O)C1CCN(c2nc(-c3cccnc3)nc3c2CCC3)C1. The average molecular weight is 310 g/mol. The molecular formula is C17H18N4O2. The molecule has 2 aliphatic rings. The first-order valence-electron chi connectivity index (χ1n) is 8.00. The fourth-order valence-electron chi connectivity index (χ4n) is 3.45. The van der Waals surface area contributed by atoms with Gasteiger partial charge in [-0.05, 0) is 37.8 Å². The topological polar surface area (TPSA) is 79.2 Å². The number of aliphatic carboxylic acids is 1. The van der Waals surface area contributed by atoms with Crippen LogP contribution in [0.15, 0.2) is 24.5 Å². The molecule has 0 spiro atoms. The summed E-state index contributed by atoms with van der Waals surface area (Å²) in [6.45, 7) is 1.28. The monoisotopic (exact) mass is 310 g/mol. The van der Waals surface area contributed by atoms with E-state index in [2.05, 4.69) is 9.88 Å². The minimum absolute atomic E-state index is 0.302. The third-order valence-electron chi connectivity index (χ3n) is 4.67. The number of rotatable bonds is 3. The lowest BCUT2D eigenvalue weighted by molar-refractivity contribution is -0.140. The van der Waals surface area contributed by atoms with Gasteiger partial charge in [0, 0.05) is 42.3 Å². The summed E-state index contributed by atoms with van der Waals surface area (Å²) in [5.41, 5.74) is 3.20. The number of carbonyl (C=O) groups is 1. The van der Waals surface area contributed by atoms with Crippen molar-refractivity contribution in [1.82, 2.24) is 15.0 Å². The van der Waals surface area contributed by atoms with Gasteiger partial charge in [0.15, 0.2) is 5.82 Å². The van der Waals surface area contributed by atoms with Gasteiger partial charge in [-0.3, -0.25) is 9.78 Å². The van der Waals surface area contributed by atoms with Gasteiger partial charge >= 0.3 is 5.97 Å². The number of nitrogens with zero attached hydrogens (tertiary/aromatic N) is 4. The summed E-state index contributed by atoms with van der Waals surface area (Å²) in [7, 11) is 0. The third-order valence-corrected chi connectivity index (χ3v) is 4.67. The highest BCUT2D eigenvalue weighted by Gasteiger charge is 2.32. The van der Waals surface area contributed by atoms with Gasteiger partial charge in [-0.15, -0.1) is 0 Å². The van der Waals surface area contributed by atoms with Gasteiger partial charge in [0.25, 0.3) is 0 Å². The van der Waals surface area contributed by atoms with Crippen molar-refractivity contribution in [3.63, 3.8) is 0 Å². The minimum atomic E-state index is -0.717. The molecule has 0 bridgehead atoms. The molecule has 1 atom stereocenters. The zero-order chi connectivity index (χ0) is 15.8. The number of hydrogen-bond donors (Lipinski definition) is 1. The number of carboxylic acid groups (broad SMARTS) is 1. The van der Waals surface area contributed by atoms with E-state index in [1.807, 2.05) is 12.1 Å². The smallest absolute Gasteiger partial charge is 0.308 e. The highest BCUT2D eigenvalue weighted by molar-refractivity contribution is 5.72. The van der Waals surface area contributed by atoms with E-state index in [1.165, 1.54) is 5.56 Å². The summed E-state index contributed by atoms with van der Waals surface area (Å²) in [5, 5.41) is 9.24. The molecule has 4 rings (SSSR count). The van der Waals surface area contributed by atoms with Crippen LogP contribution in [0.1, 0.15) is 24.1 Å². The van der Waals surface area contributed by atoms with Gasteiger partial charge < -0.3 is 10.0 Å². The normalized spacial score (nSPS) is 19.8. The fraction of sp³-hybridized carbons (Fsp3) is 0.412. The maximum Gasteiger partial charge on any atom is 0.308 e. The molecular weight excluding hydrogens is 292 g/mol. The number of pyridine rings is 1. The predicted molar refractivity (Wildman–Crippen MR) is 85.2 cm³/mol. The molecule has 6 heteroatoms. The van der Waals surface area contributed by atoms with Crippen molar-refractivity contribution in [2.45, 2.75) is 25.7 Å². The van der Waals surface area contributed by atoms with Gasteiger partial charge in [0.1, 0.15) is 5.82 Å². The second-order valence-corrected chi connectivity index (χ2v) is 6.16. The minimum Gasteiger partial charge on any atom is -0.481 e. The molecule has 2 aromatic heterocycles. The number of aryl methyl sites for hydroxylation is 1. The van der Waals surface area contributed by atoms with Gasteiger partial charge in [-0.1, -0.05) is 0 Å². The molecule has 0 saturated carbocycles. The average Bonchev–Trinajstić information content (AvgIpc) is 3.24. The Bertz CT molecular complexity index is 748. The Morgan fingerprint density at radius 1 is 1.30 bits per heavy atom. The summed E-state index contributed by atoms with van der Waals surface area (Å²) in [5.74, 6) is 0.595. The summed E-state index contributed by atoms with van der Waals surface area (Å²) in [4.78, 5) is 27.0. The molecule has 1 aliphatic carbocycles. The molecule has 1 fully saturated rings. The Hall–Kier alpha value is -2.50. The quantitative estimate of drug-likeness (QED) is 0.933. The van der Waals surface area contributed by atoms with Crippen LogP contribution in [-0.4, -0.2) is 39.1 Å². The van der Waals surface area contributed by atoms with E-state index in [1.54, 1.807) is 12.4 Å². The van der Waals surface area contributed by atoms with Crippen LogP contribution in [-0.2, 0) is 17.6 Å². The summed E-state index contributed by atoms with van der Waals surface area (Å²) < 4.78 is 0. The van der Waals surface area contributed by atoms with Crippen LogP contribution >= 0.6 is 0 Å². The van der Waals surface area contributed by atoms with Crippen molar-refractivity contribution in [2.24, 2.45) is 5.92 Å². The summed E-state index contributed by atoms with van der Waals surface area (Å²) in [6, 6.07) is 3.83. The lowest BCUT2D eigenvalue weighted by Gasteiger charge is -2.21. The van der Waals surface area contributed by atoms with Gasteiger partial charge in [-0.2, -0.15) is 0 Å². The van der Waals surface area contributed by atoms with E-state index in [9.17, 15) is 9.90 Å². The summed E-state index contributed by atoms with van der Waals surface area (Å²) in [6.07, 6.45) is 7.21. The molecule has 23 heavy (non-hydrogen) atoms. The first-order valence-corrected chi connectivity index (χ1v) is 8.00. The predicted octanol–water partition coefficient (Wildman–Crippen LogP) is 1.94. The van der Waals surface area contributed by atoms with Crippen molar-refractivity contribution < 1.29 is 9.90 Å². The van der Waals surface area contributed by atoms with E-state index >= 15 is 0 Å². The van der Waals surface area contributed by atoms with E-state index in [0.29, 0.717) is 18.8 Å². The van der Waals surface area contributed by atoms with Crippen LogP contribution in [0, 0.1) is 5.92 Å². The standard InChI is InChI=1S/C17H18N4O2/c22-17(23)12-6-8-21(10-12)16-13-4-1-5-14(13)19-15(20-16)11-3-2-7-18-9-11/h2-3,7,9,12H,1,4-6,8,10H2,(H,22,23). The van der Waals surface area contributed by atoms with Crippen LogP contribution in [0.5, 0.6) is 0 Å². The van der Waals surface area contributed by atoms with E-state index in [-0.39, 0.29) is 5.92 Å². The highest BCUT2D eigenvalue weighted by Crippen LogP contribution is 2.33. The first kappa shape index (κ1) is 14.1. The van der Waals surface area contributed by atoms with Crippen LogP contribution in [0.4, 0.5) is 5.82 Å². The third kappa shape index (κ3) is 2.54. The molecule has 2 aromatic rings. The maximum absolute atomic E-state index is 11.2. The lowest BCUT2D eigenvalue weighted by Crippen LogP contribution is -2.25. The van der Waals surface area contributed by atoms with Crippen molar-refractivity contribution >= 4 is 11.8 Å². The molecule has 0 aromatic carbocycles. The summed E-state index contributed by atoms with van der Waals surface area (Å²) >= 11 is 0. The molecule has 1 unspecified atom stereocenters. The van der Waals surface area contributed by atoms with E-state index < -0.39 is 5.97 Å². The number of aromatic nitrogens is 3. The molecule has 118 valence electrons. The Labute approximate surface area is 134 Å². The second kappa shape index (κ2) is 5.61. The second-order valence-electron chi connectivity index (χ2n) is 6.16. The van der Waals surface area contributed by atoms with E-state index in [0.717, 1.165) is 42.9 Å². The molecule has 6 nitrogen and oxygen atoms in total. The van der Waals surface area contributed by atoms with Gasteiger partial charge in [0.05, 0.1) is 5.92 Å². The number of fused-ring (bicyclic) bond motifs is 1. The molecule has 1 aliphatic heterocycles. The zero-order valence-electron chi connectivity index (χ0n) is 12.8. The van der Waals surface area contributed by atoms with Crippen molar-refractivity contribution in [2.75, 3.05) is 18.0 Å². The Morgan fingerprint density at radius 2 is 2.22 bits per heavy atom. The number of carboxylic acids is 1. The van der Waals surface area contributed by atoms with Gasteiger partial charge in [-0.25, -0.2) is 9.97 Å². The van der Waals surface area contributed by atoms with Gasteiger partial charge in [0.2, 0.25) is 0 Å². The van der Waals surface area contributed by atoms with Crippen molar-refractivity contribution in [1.29, 1.82) is 0 Å². The van der Waals surface area contributed by atoms with Crippen LogP contribution in [0.2, 0.25) is 0 Å².